The van der Waals surface area contributed by atoms with E-state index in [2.05, 4.69) is 12.4 Å². The molecule has 0 aromatic heterocycles. The van der Waals surface area contributed by atoms with Crippen molar-refractivity contribution in [3.63, 3.8) is 0 Å². The molecule has 0 amide bonds. The molecule has 0 spiro atoms. The summed E-state index contributed by atoms with van der Waals surface area (Å²) in [6.07, 6.45) is 8.98. The van der Waals surface area contributed by atoms with E-state index in [0.717, 1.165) is 29.6 Å². The zero-order valence-electron chi connectivity index (χ0n) is 12.5. The first-order chi connectivity index (χ1) is 9.99. The van der Waals surface area contributed by atoms with Gasteiger partial charge in [-0.15, -0.1) is 0 Å². The minimum Gasteiger partial charge on any atom is -0.478 e. The summed E-state index contributed by atoms with van der Waals surface area (Å²) in [7, 11) is 2.11. The van der Waals surface area contributed by atoms with Crippen LogP contribution in [-0.4, -0.2) is 35.7 Å². The Balaban J connectivity index is 0.000000177. The average Bonchev–Trinajstić information content (AvgIpc) is 2.64. The van der Waals surface area contributed by atoms with Gasteiger partial charge in [-0.25, -0.2) is 9.59 Å². The summed E-state index contributed by atoms with van der Waals surface area (Å²) in [5.74, 6) is 3.00. The van der Waals surface area contributed by atoms with E-state index in [1.165, 1.54) is 6.54 Å². The predicted octanol–water partition coefficient (Wildman–Crippen LogP) is 1.99. The molecular weight excluding hydrogens is 270 g/mol. The molecule has 0 saturated heterocycles. The fraction of sp³-hybridized carbons (Fsp3) is 0.750. The molecular formula is C16H25NO4. The lowest BCUT2D eigenvalue weighted by atomic mass is 9.67. The van der Waals surface area contributed by atoms with Crippen molar-refractivity contribution < 1.29 is 19.8 Å². The summed E-state index contributed by atoms with van der Waals surface area (Å²) in [5.41, 5.74) is 0. The third-order valence-corrected chi connectivity index (χ3v) is 5.23. The highest BCUT2D eigenvalue weighted by Gasteiger charge is 2.48. The van der Waals surface area contributed by atoms with Crippen LogP contribution in [0, 0.1) is 29.6 Å². The molecule has 0 aromatic carbocycles. The van der Waals surface area contributed by atoms with E-state index in [1.807, 2.05) is 0 Å². The molecule has 3 fully saturated rings. The molecule has 5 atom stereocenters. The van der Waals surface area contributed by atoms with Crippen molar-refractivity contribution in [3.05, 3.63) is 12.2 Å². The lowest BCUT2D eigenvalue weighted by Crippen LogP contribution is -2.35. The van der Waals surface area contributed by atoms with Crippen LogP contribution < -0.4 is 5.32 Å². The highest BCUT2D eigenvalue weighted by atomic mass is 16.4. The van der Waals surface area contributed by atoms with Crippen molar-refractivity contribution in [2.24, 2.45) is 29.6 Å². The van der Waals surface area contributed by atoms with Crippen LogP contribution in [0.5, 0.6) is 0 Å². The van der Waals surface area contributed by atoms with Gasteiger partial charge < -0.3 is 15.5 Å². The molecule has 3 aliphatic carbocycles. The van der Waals surface area contributed by atoms with Gasteiger partial charge in [0.05, 0.1) is 0 Å². The molecule has 3 N–H and O–H groups in total. The minimum atomic E-state index is -1.26. The zero-order chi connectivity index (χ0) is 15.4. The van der Waals surface area contributed by atoms with E-state index < -0.39 is 11.9 Å². The molecule has 118 valence electrons. The minimum absolute atomic E-state index is 0.558. The lowest BCUT2D eigenvalue weighted by Gasteiger charge is -2.39. The number of rotatable bonds is 4. The first-order valence-corrected chi connectivity index (χ1v) is 7.78. The summed E-state index contributed by atoms with van der Waals surface area (Å²) < 4.78 is 0. The summed E-state index contributed by atoms with van der Waals surface area (Å²) in [5, 5.41) is 19.0. The number of hydrogen-bond donors (Lipinski definition) is 3. The lowest BCUT2D eigenvalue weighted by molar-refractivity contribution is -0.134. The Morgan fingerprint density at radius 1 is 1.00 bits per heavy atom. The highest BCUT2D eigenvalue weighted by Crippen LogP contribution is 2.57. The molecule has 21 heavy (non-hydrogen) atoms. The van der Waals surface area contributed by atoms with Gasteiger partial charge in [0, 0.05) is 12.2 Å². The van der Waals surface area contributed by atoms with Gasteiger partial charge in [-0.1, -0.05) is 0 Å². The van der Waals surface area contributed by atoms with E-state index in [4.69, 9.17) is 10.2 Å². The molecule has 0 radical (unpaired) electrons. The van der Waals surface area contributed by atoms with Crippen LogP contribution >= 0.6 is 0 Å². The van der Waals surface area contributed by atoms with Crippen LogP contribution in [0.25, 0.3) is 0 Å². The Morgan fingerprint density at radius 3 is 2.10 bits per heavy atom. The van der Waals surface area contributed by atoms with Gasteiger partial charge in [0.1, 0.15) is 0 Å². The van der Waals surface area contributed by atoms with Crippen molar-refractivity contribution in [3.8, 4) is 0 Å². The van der Waals surface area contributed by atoms with Crippen molar-refractivity contribution in [1.29, 1.82) is 0 Å². The van der Waals surface area contributed by atoms with E-state index in [9.17, 15) is 9.59 Å². The average molecular weight is 295 g/mol. The topological polar surface area (TPSA) is 86.6 Å². The number of fused-ring (bicyclic) bond motifs is 2. The second-order valence-electron chi connectivity index (χ2n) is 6.66. The molecule has 3 bridgehead atoms. The Kier molecular flexibility index (Phi) is 5.39. The quantitative estimate of drug-likeness (QED) is 0.690. The second kappa shape index (κ2) is 7.07. The molecule has 0 heterocycles. The number of nitrogens with one attached hydrogen (secondary N) is 1. The Hall–Kier alpha value is -1.36. The highest BCUT2D eigenvalue weighted by molar-refractivity contribution is 5.89. The van der Waals surface area contributed by atoms with Crippen LogP contribution in [0.4, 0.5) is 0 Å². The maximum Gasteiger partial charge on any atom is 0.328 e. The van der Waals surface area contributed by atoms with E-state index >= 15 is 0 Å². The third kappa shape index (κ3) is 4.30. The summed E-state index contributed by atoms with van der Waals surface area (Å²) >= 11 is 0. The molecule has 0 aromatic rings. The van der Waals surface area contributed by atoms with E-state index in [1.54, 1.807) is 32.1 Å². The number of carboxylic acid groups (broad SMARTS) is 2. The van der Waals surface area contributed by atoms with E-state index in [0.29, 0.717) is 12.2 Å². The van der Waals surface area contributed by atoms with Crippen LogP contribution in [0.2, 0.25) is 0 Å². The van der Waals surface area contributed by atoms with Crippen molar-refractivity contribution in [2.45, 2.75) is 32.1 Å². The fourth-order valence-corrected chi connectivity index (χ4v) is 4.75. The van der Waals surface area contributed by atoms with Crippen molar-refractivity contribution in [1.82, 2.24) is 5.32 Å². The van der Waals surface area contributed by atoms with Crippen LogP contribution in [0.15, 0.2) is 12.2 Å². The third-order valence-electron chi connectivity index (χ3n) is 5.23. The van der Waals surface area contributed by atoms with Gasteiger partial charge in [-0.2, -0.15) is 0 Å². The van der Waals surface area contributed by atoms with E-state index in [-0.39, 0.29) is 0 Å². The van der Waals surface area contributed by atoms with Crippen LogP contribution in [0.1, 0.15) is 32.1 Å². The van der Waals surface area contributed by atoms with Gasteiger partial charge in [-0.05, 0) is 75.3 Å². The maximum absolute atomic E-state index is 9.55. The molecule has 3 saturated carbocycles. The van der Waals surface area contributed by atoms with Crippen LogP contribution in [-0.2, 0) is 9.59 Å². The smallest absolute Gasteiger partial charge is 0.328 e. The SMILES string of the molecule is CNCC1CC2CC3CC(C2)C1C3.O=C(O)/C=C\C(=O)O. The van der Waals surface area contributed by atoms with Gasteiger partial charge in [-0.3, -0.25) is 0 Å². The monoisotopic (exact) mass is 295 g/mol. The standard InChI is InChI=1S/C12H21N.C4H4O4/c1-13-7-11-5-8-2-9-4-10(3-8)12(11)6-9;5-3(6)1-2-4(7)8/h8-13H,2-7H2,1H3;1-2H,(H,5,6)(H,7,8)/b;2-1-. The Bertz CT molecular complexity index is 403. The number of aliphatic carboxylic acids is 2. The number of hydrogen-bond acceptors (Lipinski definition) is 3. The predicted molar refractivity (Wildman–Crippen MR) is 78.9 cm³/mol. The van der Waals surface area contributed by atoms with Crippen molar-refractivity contribution in [2.75, 3.05) is 13.6 Å². The first kappa shape index (κ1) is 16.0. The Labute approximate surface area is 125 Å². The van der Waals surface area contributed by atoms with Gasteiger partial charge >= 0.3 is 11.9 Å². The fourth-order valence-electron chi connectivity index (χ4n) is 4.75. The first-order valence-electron chi connectivity index (χ1n) is 7.78. The number of carbonyl (C=O) groups is 2. The van der Waals surface area contributed by atoms with Gasteiger partial charge in [0.2, 0.25) is 0 Å². The van der Waals surface area contributed by atoms with Crippen molar-refractivity contribution >= 4 is 11.9 Å². The zero-order valence-corrected chi connectivity index (χ0v) is 12.5. The molecule has 3 rings (SSSR count). The molecule has 0 aliphatic heterocycles. The van der Waals surface area contributed by atoms with Gasteiger partial charge in [0.15, 0.2) is 0 Å². The second-order valence-corrected chi connectivity index (χ2v) is 6.66. The molecule has 5 unspecified atom stereocenters. The largest absolute Gasteiger partial charge is 0.478 e. The molecule has 5 heteroatoms. The Morgan fingerprint density at radius 2 is 1.57 bits per heavy atom. The molecule has 5 nitrogen and oxygen atoms in total. The molecule has 3 aliphatic rings. The normalized spacial score (nSPS) is 36.3. The maximum atomic E-state index is 9.55. The van der Waals surface area contributed by atoms with Gasteiger partial charge in [0.25, 0.3) is 0 Å². The summed E-state index contributed by atoms with van der Waals surface area (Å²) in [6.45, 7) is 1.28. The summed E-state index contributed by atoms with van der Waals surface area (Å²) in [4.78, 5) is 19.1. The number of carboxylic acids is 2. The summed E-state index contributed by atoms with van der Waals surface area (Å²) in [6, 6.07) is 0. The van der Waals surface area contributed by atoms with Crippen LogP contribution in [0.3, 0.4) is 0 Å².